The van der Waals surface area contributed by atoms with Crippen LogP contribution in [-0.4, -0.2) is 88.7 Å². The Kier molecular flexibility index (Phi) is 9.39. The average Bonchev–Trinajstić information content (AvgIpc) is 3.54. The number of aliphatic hydroxyl groups is 1. The highest BCUT2D eigenvalue weighted by molar-refractivity contribution is 5.94. The van der Waals surface area contributed by atoms with Crippen LogP contribution in [0.25, 0.3) is 0 Å². The van der Waals surface area contributed by atoms with Crippen LogP contribution < -0.4 is 20.7 Å². The van der Waals surface area contributed by atoms with Gasteiger partial charge >= 0.3 is 12.1 Å². The molecule has 2 heterocycles. The smallest absolute Gasteiger partial charge is 0.408 e. The van der Waals surface area contributed by atoms with Crippen molar-refractivity contribution >= 4 is 29.6 Å². The van der Waals surface area contributed by atoms with E-state index in [0.717, 1.165) is 4.90 Å². The Morgan fingerprint density at radius 3 is 2.53 bits per heavy atom. The van der Waals surface area contributed by atoms with Gasteiger partial charge in [0.25, 0.3) is 0 Å². The standard InChI is InChI=1S/C25H36N4O9/c1-14(2)28-18-6-5-16(12-36-15(3)30)9-19(18)37-21-11-17(31)10-20(38-21)22(32)26-7-8-27-23(33)25(4)13-29(25)24(34)35/h5-6,9,14,17,20-21,28,31H,7-8,10-13H2,1-4H3,(H,26,32)(H,27,33)(H,34,35). The van der Waals surface area contributed by atoms with Crippen LogP contribution in [0.15, 0.2) is 18.2 Å². The summed E-state index contributed by atoms with van der Waals surface area (Å²) < 4.78 is 16.9. The lowest BCUT2D eigenvalue weighted by Crippen LogP contribution is -2.48. The highest BCUT2D eigenvalue weighted by Crippen LogP contribution is 2.32. The van der Waals surface area contributed by atoms with E-state index in [4.69, 9.17) is 19.3 Å². The van der Waals surface area contributed by atoms with E-state index in [2.05, 4.69) is 16.0 Å². The second-order valence-electron chi connectivity index (χ2n) is 9.90. The molecule has 2 saturated heterocycles. The number of anilines is 1. The van der Waals surface area contributed by atoms with Crippen molar-refractivity contribution in [3.05, 3.63) is 23.8 Å². The lowest BCUT2D eigenvalue weighted by Gasteiger charge is -2.33. The van der Waals surface area contributed by atoms with E-state index in [9.17, 15) is 24.3 Å². The zero-order valence-electron chi connectivity index (χ0n) is 22.0. The molecule has 2 fully saturated rings. The summed E-state index contributed by atoms with van der Waals surface area (Å²) >= 11 is 0. The van der Waals surface area contributed by atoms with E-state index in [-0.39, 0.29) is 45.1 Å². The Hall–Kier alpha value is -3.58. The first-order chi connectivity index (χ1) is 17.9. The largest absolute Gasteiger partial charge is 0.465 e. The van der Waals surface area contributed by atoms with Gasteiger partial charge in [0.05, 0.1) is 18.3 Å². The van der Waals surface area contributed by atoms with Crippen molar-refractivity contribution in [1.82, 2.24) is 15.5 Å². The molecule has 13 nitrogen and oxygen atoms in total. The molecule has 0 bridgehead atoms. The average molecular weight is 537 g/mol. The zero-order valence-corrected chi connectivity index (χ0v) is 22.0. The summed E-state index contributed by atoms with van der Waals surface area (Å²) in [5.41, 5.74) is 0.289. The quantitative estimate of drug-likeness (QED) is 0.154. The Bertz CT molecular complexity index is 1050. The fourth-order valence-corrected chi connectivity index (χ4v) is 4.03. The Morgan fingerprint density at radius 2 is 1.89 bits per heavy atom. The molecule has 0 saturated carbocycles. The lowest BCUT2D eigenvalue weighted by molar-refractivity contribution is -0.184. The molecule has 4 unspecified atom stereocenters. The first-order valence-corrected chi connectivity index (χ1v) is 12.5. The SMILES string of the molecule is CC(=O)OCc1ccc(NC(C)C)c(OC2CC(O)CC(C(=O)NCCNC(=O)C3(C)CN3C(=O)O)O2)c1. The molecule has 13 heteroatoms. The highest BCUT2D eigenvalue weighted by atomic mass is 16.7. The van der Waals surface area contributed by atoms with Crippen molar-refractivity contribution in [2.45, 2.75) is 77.2 Å². The van der Waals surface area contributed by atoms with Crippen molar-refractivity contribution in [2.24, 2.45) is 0 Å². The minimum atomic E-state index is -1.16. The Labute approximate surface area is 220 Å². The first-order valence-electron chi connectivity index (χ1n) is 12.5. The monoisotopic (exact) mass is 536 g/mol. The Morgan fingerprint density at radius 1 is 1.18 bits per heavy atom. The molecule has 0 spiro atoms. The molecular weight excluding hydrogens is 500 g/mol. The van der Waals surface area contributed by atoms with Crippen molar-refractivity contribution in [1.29, 1.82) is 0 Å². The van der Waals surface area contributed by atoms with Gasteiger partial charge in [-0.2, -0.15) is 0 Å². The van der Waals surface area contributed by atoms with Gasteiger partial charge in [0.1, 0.15) is 24.0 Å². The van der Waals surface area contributed by atoms with Crippen molar-refractivity contribution in [3.8, 4) is 5.75 Å². The van der Waals surface area contributed by atoms with Crippen LogP contribution in [0.5, 0.6) is 5.75 Å². The number of ether oxygens (including phenoxy) is 3. The number of nitrogens with zero attached hydrogens (tertiary/aromatic N) is 1. The van der Waals surface area contributed by atoms with E-state index in [0.29, 0.717) is 17.0 Å². The minimum absolute atomic E-state index is 0.0663. The summed E-state index contributed by atoms with van der Waals surface area (Å²) in [5, 5.41) is 27.9. The number of aliphatic hydroxyl groups excluding tert-OH is 1. The predicted octanol–water partition coefficient (Wildman–Crippen LogP) is 0.800. The maximum absolute atomic E-state index is 12.7. The van der Waals surface area contributed by atoms with Crippen LogP contribution in [-0.2, 0) is 30.5 Å². The van der Waals surface area contributed by atoms with Crippen LogP contribution in [0, 0.1) is 0 Å². The molecule has 210 valence electrons. The number of benzene rings is 1. The molecule has 2 aliphatic rings. The van der Waals surface area contributed by atoms with Crippen LogP contribution in [0.3, 0.4) is 0 Å². The third-order valence-electron chi connectivity index (χ3n) is 6.14. The normalized spacial score (nSPS) is 24.4. The Balaban J connectivity index is 1.54. The van der Waals surface area contributed by atoms with E-state index in [1.807, 2.05) is 13.8 Å². The summed E-state index contributed by atoms with van der Waals surface area (Å²) in [5.74, 6) is -0.893. The zero-order chi connectivity index (χ0) is 28.0. The number of esters is 1. The van der Waals surface area contributed by atoms with Gasteiger partial charge in [0.15, 0.2) is 0 Å². The number of rotatable bonds is 11. The van der Waals surface area contributed by atoms with E-state index in [1.54, 1.807) is 18.2 Å². The van der Waals surface area contributed by atoms with Gasteiger partial charge in [0, 0.05) is 38.9 Å². The molecule has 0 radical (unpaired) electrons. The molecular formula is C25H36N4O9. The molecule has 2 aliphatic heterocycles. The molecule has 0 aliphatic carbocycles. The minimum Gasteiger partial charge on any atom is -0.465 e. The molecule has 5 N–H and O–H groups in total. The highest BCUT2D eigenvalue weighted by Gasteiger charge is 2.57. The fourth-order valence-electron chi connectivity index (χ4n) is 4.03. The number of amides is 3. The second-order valence-corrected chi connectivity index (χ2v) is 9.90. The third-order valence-corrected chi connectivity index (χ3v) is 6.14. The van der Waals surface area contributed by atoms with Crippen molar-refractivity contribution in [2.75, 3.05) is 25.0 Å². The van der Waals surface area contributed by atoms with Crippen molar-refractivity contribution < 1.29 is 43.6 Å². The van der Waals surface area contributed by atoms with Crippen LogP contribution >= 0.6 is 0 Å². The molecule has 3 amide bonds. The number of carbonyl (C=O) groups excluding carboxylic acids is 3. The third kappa shape index (κ3) is 7.71. The van der Waals surface area contributed by atoms with Gasteiger partial charge in [0.2, 0.25) is 18.1 Å². The lowest BCUT2D eigenvalue weighted by atomic mass is 10.0. The second kappa shape index (κ2) is 12.3. The predicted molar refractivity (Wildman–Crippen MR) is 134 cm³/mol. The number of nitrogens with one attached hydrogen (secondary N) is 3. The molecule has 1 aromatic rings. The summed E-state index contributed by atoms with van der Waals surface area (Å²) in [6.45, 7) is 7.16. The maximum atomic E-state index is 12.7. The maximum Gasteiger partial charge on any atom is 0.408 e. The number of hydrogen-bond acceptors (Lipinski definition) is 9. The van der Waals surface area contributed by atoms with Gasteiger partial charge in [-0.1, -0.05) is 6.07 Å². The summed E-state index contributed by atoms with van der Waals surface area (Å²) in [6.07, 6.45) is -3.67. The van der Waals surface area contributed by atoms with E-state index >= 15 is 0 Å². The van der Waals surface area contributed by atoms with Gasteiger partial charge in [-0.3, -0.25) is 19.3 Å². The van der Waals surface area contributed by atoms with Gasteiger partial charge in [-0.15, -0.1) is 0 Å². The van der Waals surface area contributed by atoms with Gasteiger partial charge < -0.3 is 40.4 Å². The van der Waals surface area contributed by atoms with Crippen LogP contribution in [0.4, 0.5) is 10.5 Å². The van der Waals surface area contributed by atoms with Crippen LogP contribution in [0.2, 0.25) is 0 Å². The number of carbonyl (C=O) groups is 4. The van der Waals surface area contributed by atoms with Gasteiger partial charge in [-0.25, -0.2) is 4.79 Å². The van der Waals surface area contributed by atoms with E-state index < -0.39 is 47.9 Å². The van der Waals surface area contributed by atoms with Crippen molar-refractivity contribution in [3.63, 3.8) is 0 Å². The summed E-state index contributed by atoms with van der Waals surface area (Å²) in [6, 6.07) is 5.41. The molecule has 3 rings (SSSR count). The molecule has 1 aromatic carbocycles. The summed E-state index contributed by atoms with van der Waals surface area (Å²) in [4.78, 5) is 48.1. The molecule has 38 heavy (non-hydrogen) atoms. The fraction of sp³-hybridized carbons (Fsp3) is 0.600. The molecule has 4 atom stereocenters. The van der Waals surface area contributed by atoms with Crippen LogP contribution in [0.1, 0.15) is 46.1 Å². The number of carboxylic acid groups (broad SMARTS) is 1. The number of hydrogen-bond donors (Lipinski definition) is 5. The van der Waals surface area contributed by atoms with Gasteiger partial charge in [-0.05, 0) is 38.5 Å². The topological polar surface area (TPSA) is 176 Å². The molecule has 0 aromatic heterocycles. The first kappa shape index (κ1) is 29.0. The summed E-state index contributed by atoms with van der Waals surface area (Å²) in [7, 11) is 0. The van der Waals surface area contributed by atoms with E-state index in [1.165, 1.54) is 13.8 Å².